The van der Waals surface area contributed by atoms with Crippen molar-refractivity contribution in [3.8, 4) is 0 Å². The number of nitrogens with zero attached hydrogens (tertiary/aromatic N) is 2. The van der Waals surface area contributed by atoms with Crippen LogP contribution in [0.5, 0.6) is 0 Å². The van der Waals surface area contributed by atoms with Gasteiger partial charge in [0.15, 0.2) is 0 Å². The molecule has 2 amide bonds. The van der Waals surface area contributed by atoms with E-state index in [1.165, 1.54) is 23.3 Å². The monoisotopic (exact) mass is 932 g/mol. The Morgan fingerprint density at radius 1 is 0.533 bits per heavy atom. The summed E-state index contributed by atoms with van der Waals surface area (Å²) in [6.07, 6.45) is 16.2. The molecule has 2 unspecified atom stereocenters. The number of aromatic nitrogens is 2. The van der Waals surface area contributed by atoms with Gasteiger partial charge in [-0.3, -0.25) is 19.6 Å². The van der Waals surface area contributed by atoms with Gasteiger partial charge in [-0.2, -0.15) is 0 Å². The molecule has 6 aromatic rings. The molecule has 6 nitrogen and oxygen atoms in total. The fourth-order valence-corrected chi connectivity index (χ4v) is 11.8. The Balaban J connectivity index is 0.000000154. The number of carbonyl (C=O) groups is 2. The van der Waals surface area contributed by atoms with Crippen LogP contribution in [0.1, 0.15) is 100 Å². The number of fused-ring (bicyclic) bond motifs is 2. The Labute approximate surface area is 366 Å². The molecule has 4 saturated carbocycles. The van der Waals surface area contributed by atoms with Crippen molar-refractivity contribution < 1.29 is 18.4 Å². The van der Waals surface area contributed by atoms with Gasteiger partial charge in [0.05, 0.1) is 11.0 Å². The standard InChI is InChI=1S/2C25H24BrFN2O/c2*26-17-2-1-3-19(14-17)29-24(30)22-8-12-25(22)10-6-16(7-11-25)20-9-13-28-23-5-4-18(27)15-21(20)23/h2*1-5,9,13-16,22H,6-8,10-12H2,(H,29,30). The summed E-state index contributed by atoms with van der Waals surface area (Å²) in [6, 6.07) is 29.3. The number of carbonyl (C=O) groups excluding carboxylic acids is 2. The van der Waals surface area contributed by atoms with Crippen molar-refractivity contribution in [2.24, 2.45) is 22.7 Å². The van der Waals surface area contributed by atoms with Crippen LogP contribution in [0.4, 0.5) is 20.2 Å². The SMILES string of the molecule is O=C(Nc1cccc(Br)c1)C1CCC12CCC(c1ccnc3ccc(F)cc13)CC2.O=C(Nc1cccc(Br)c1)C1CCC12CCC(c1ccnc3ccc(F)cc13)CC2. The van der Waals surface area contributed by atoms with Crippen LogP contribution in [-0.4, -0.2) is 21.8 Å². The number of anilines is 2. The van der Waals surface area contributed by atoms with Crippen molar-refractivity contribution in [2.45, 2.75) is 88.9 Å². The molecule has 0 saturated heterocycles. The van der Waals surface area contributed by atoms with Gasteiger partial charge in [0.1, 0.15) is 11.6 Å². The van der Waals surface area contributed by atoms with Crippen LogP contribution in [-0.2, 0) is 9.59 Å². The second-order valence-electron chi connectivity index (χ2n) is 17.6. The highest BCUT2D eigenvalue weighted by Crippen LogP contribution is 2.60. The Kier molecular flexibility index (Phi) is 11.6. The van der Waals surface area contributed by atoms with Gasteiger partial charge in [0.2, 0.25) is 11.8 Å². The summed E-state index contributed by atoms with van der Waals surface area (Å²) in [5.74, 6) is 0.839. The molecule has 0 bridgehead atoms. The molecule has 10 heteroatoms. The van der Waals surface area contributed by atoms with Gasteiger partial charge in [-0.25, -0.2) is 8.78 Å². The maximum absolute atomic E-state index is 13.8. The van der Waals surface area contributed by atoms with Gasteiger partial charge in [0, 0.05) is 55.3 Å². The van der Waals surface area contributed by atoms with E-state index >= 15 is 0 Å². The summed E-state index contributed by atoms with van der Waals surface area (Å²) in [5, 5.41) is 8.08. The fraction of sp³-hybridized carbons (Fsp3) is 0.360. The third-order valence-electron chi connectivity index (χ3n) is 14.5. The molecule has 4 aliphatic rings. The molecule has 2 atom stereocenters. The van der Waals surface area contributed by atoms with Gasteiger partial charge in [0.25, 0.3) is 0 Å². The predicted octanol–water partition coefficient (Wildman–Crippen LogP) is 13.7. The van der Waals surface area contributed by atoms with E-state index in [4.69, 9.17) is 0 Å². The largest absolute Gasteiger partial charge is 0.326 e. The summed E-state index contributed by atoms with van der Waals surface area (Å²) in [6.45, 7) is 0. The number of amides is 2. The molecule has 2 heterocycles. The zero-order valence-electron chi connectivity index (χ0n) is 33.4. The van der Waals surface area contributed by atoms with E-state index in [1.807, 2.05) is 73.1 Å². The number of pyridine rings is 2. The highest BCUT2D eigenvalue weighted by molar-refractivity contribution is 9.10. The molecular weight excluding hydrogens is 886 g/mol. The van der Waals surface area contributed by atoms with E-state index in [2.05, 4.69) is 52.5 Å². The number of hydrogen-bond acceptors (Lipinski definition) is 4. The van der Waals surface area contributed by atoms with E-state index in [0.29, 0.717) is 11.8 Å². The average Bonchev–Trinajstić information content (AvgIpc) is 3.23. The van der Waals surface area contributed by atoms with Crippen molar-refractivity contribution in [1.29, 1.82) is 0 Å². The lowest BCUT2D eigenvalue weighted by Gasteiger charge is -2.52. The predicted molar refractivity (Wildman–Crippen MR) is 242 cm³/mol. The minimum atomic E-state index is -0.215. The van der Waals surface area contributed by atoms with Crippen molar-refractivity contribution in [1.82, 2.24) is 9.97 Å². The lowest BCUT2D eigenvalue weighted by molar-refractivity contribution is -0.134. The maximum Gasteiger partial charge on any atom is 0.228 e. The third kappa shape index (κ3) is 8.26. The molecule has 4 aromatic carbocycles. The zero-order chi connectivity index (χ0) is 41.4. The smallest absolute Gasteiger partial charge is 0.228 e. The molecule has 10 rings (SSSR count). The normalized spacial score (nSPS) is 25.8. The molecule has 0 radical (unpaired) electrons. The van der Waals surface area contributed by atoms with Gasteiger partial charge < -0.3 is 10.6 Å². The van der Waals surface area contributed by atoms with Crippen molar-refractivity contribution in [3.05, 3.63) is 141 Å². The highest BCUT2D eigenvalue weighted by atomic mass is 79.9. The minimum Gasteiger partial charge on any atom is -0.326 e. The van der Waals surface area contributed by atoms with E-state index in [-0.39, 0.29) is 46.1 Å². The van der Waals surface area contributed by atoms with Crippen LogP contribution in [0, 0.1) is 34.3 Å². The molecule has 2 N–H and O–H groups in total. The molecule has 2 aromatic heterocycles. The quantitative estimate of drug-likeness (QED) is 0.174. The number of benzene rings is 4. The van der Waals surface area contributed by atoms with E-state index < -0.39 is 0 Å². The van der Waals surface area contributed by atoms with Crippen LogP contribution in [0.15, 0.2) is 118 Å². The number of rotatable bonds is 6. The van der Waals surface area contributed by atoms with Crippen LogP contribution < -0.4 is 10.6 Å². The Morgan fingerprint density at radius 3 is 1.30 bits per heavy atom. The lowest BCUT2D eigenvalue weighted by Crippen LogP contribution is -2.48. The summed E-state index contributed by atoms with van der Waals surface area (Å²) < 4.78 is 29.6. The van der Waals surface area contributed by atoms with Crippen LogP contribution in [0.25, 0.3) is 21.8 Å². The summed E-state index contributed by atoms with van der Waals surface area (Å²) in [4.78, 5) is 34.7. The van der Waals surface area contributed by atoms with Crippen LogP contribution >= 0.6 is 31.9 Å². The summed E-state index contributed by atoms with van der Waals surface area (Å²) in [5.41, 5.74) is 6.04. The van der Waals surface area contributed by atoms with Crippen LogP contribution in [0.2, 0.25) is 0 Å². The average molecular weight is 935 g/mol. The first-order valence-electron chi connectivity index (χ1n) is 21.3. The fourth-order valence-electron chi connectivity index (χ4n) is 11.0. The maximum atomic E-state index is 13.8. The zero-order valence-corrected chi connectivity index (χ0v) is 36.6. The summed E-state index contributed by atoms with van der Waals surface area (Å²) >= 11 is 6.92. The van der Waals surface area contributed by atoms with E-state index in [1.54, 1.807) is 24.3 Å². The number of hydrogen-bond donors (Lipinski definition) is 2. The number of halogens is 4. The summed E-state index contributed by atoms with van der Waals surface area (Å²) in [7, 11) is 0. The van der Waals surface area contributed by atoms with Gasteiger partial charge in [-0.05, 0) is 196 Å². The Morgan fingerprint density at radius 2 is 0.933 bits per heavy atom. The highest BCUT2D eigenvalue weighted by Gasteiger charge is 2.53. The van der Waals surface area contributed by atoms with Gasteiger partial charge in [-0.15, -0.1) is 0 Å². The first-order valence-corrected chi connectivity index (χ1v) is 22.9. The molecule has 60 heavy (non-hydrogen) atoms. The Hall–Kier alpha value is -4.54. The molecular formula is C50H48Br2F2N4O2. The minimum absolute atomic E-state index is 0.0871. The first-order chi connectivity index (χ1) is 29.1. The molecule has 2 spiro atoms. The Bertz CT molecular complexity index is 2390. The molecule has 4 fully saturated rings. The molecule has 0 aliphatic heterocycles. The van der Waals surface area contributed by atoms with E-state index in [0.717, 1.165) is 119 Å². The molecule has 4 aliphatic carbocycles. The van der Waals surface area contributed by atoms with Crippen molar-refractivity contribution >= 4 is 76.9 Å². The number of nitrogens with one attached hydrogen (secondary N) is 2. The van der Waals surface area contributed by atoms with Crippen molar-refractivity contribution in [3.63, 3.8) is 0 Å². The van der Waals surface area contributed by atoms with Crippen molar-refractivity contribution in [2.75, 3.05) is 10.6 Å². The topological polar surface area (TPSA) is 84.0 Å². The third-order valence-corrected chi connectivity index (χ3v) is 15.5. The van der Waals surface area contributed by atoms with Crippen LogP contribution in [0.3, 0.4) is 0 Å². The van der Waals surface area contributed by atoms with Gasteiger partial charge in [-0.1, -0.05) is 44.0 Å². The second kappa shape index (κ2) is 17.1. The van der Waals surface area contributed by atoms with E-state index in [9.17, 15) is 18.4 Å². The van der Waals surface area contributed by atoms with Gasteiger partial charge >= 0.3 is 0 Å². The lowest BCUT2D eigenvalue weighted by atomic mass is 9.52. The second-order valence-corrected chi connectivity index (χ2v) is 19.4. The molecule has 308 valence electrons. The first kappa shape index (κ1) is 40.8.